The maximum Gasteiger partial charge on any atom is 0.262 e. The average molecular weight is 431 g/mol. The van der Waals surface area contributed by atoms with E-state index in [9.17, 15) is 9.59 Å². The van der Waals surface area contributed by atoms with Crippen molar-refractivity contribution in [2.45, 2.75) is 6.92 Å². The van der Waals surface area contributed by atoms with Gasteiger partial charge in [0.15, 0.2) is 5.13 Å². The zero-order valence-electron chi connectivity index (χ0n) is 13.4. The average Bonchev–Trinajstić information content (AvgIpc) is 3.19. The Hall–Kier alpha value is -2.78. The van der Waals surface area contributed by atoms with E-state index in [1.807, 2.05) is 29.6 Å². The number of anilines is 1. The van der Waals surface area contributed by atoms with E-state index in [-0.39, 0.29) is 16.7 Å². The normalized spacial score (nSPS) is 11.0. The van der Waals surface area contributed by atoms with Gasteiger partial charge < -0.3 is 9.40 Å². The molecule has 0 atom stereocenters. The summed E-state index contributed by atoms with van der Waals surface area (Å²) in [6, 6.07) is 7.72. The Labute approximate surface area is 159 Å². The quantitative estimate of drug-likeness (QED) is 0.512. The second-order valence-corrected chi connectivity index (χ2v) is 7.22. The van der Waals surface area contributed by atoms with Crippen LogP contribution in [-0.4, -0.2) is 20.9 Å². The topological polar surface area (TPSA) is 101 Å². The Kier molecular flexibility index (Phi) is 4.17. The number of benzene rings is 1. The first-order chi connectivity index (χ1) is 12.5. The van der Waals surface area contributed by atoms with Gasteiger partial charge in [0.05, 0.1) is 17.6 Å². The molecule has 9 heteroatoms. The molecule has 0 bridgehead atoms. The standard InChI is InChI=1S/C17H11BrN4O3S/c1-8-12(13-14(23)19-7-20-16(13)25-8)15(24)22-17-21-11(6-26-17)9-3-2-4-10(18)5-9/h2-7H,1H3,(H,19,20,23)(H,21,22,24). The van der Waals surface area contributed by atoms with Crippen molar-refractivity contribution < 1.29 is 9.21 Å². The molecule has 0 saturated carbocycles. The number of rotatable bonds is 3. The molecule has 0 saturated heterocycles. The molecule has 130 valence electrons. The number of aryl methyl sites for hydroxylation is 1. The fourth-order valence-electron chi connectivity index (χ4n) is 2.60. The van der Waals surface area contributed by atoms with Crippen molar-refractivity contribution in [3.8, 4) is 11.3 Å². The van der Waals surface area contributed by atoms with Crippen molar-refractivity contribution >= 4 is 49.4 Å². The van der Waals surface area contributed by atoms with Gasteiger partial charge in [0.1, 0.15) is 11.1 Å². The highest BCUT2D eigenvalue weighted by atomic mass is 79.9. The summed E-state index contributed by atoms with van der Waals surface area (Å²) < 4.78 is 6.36. The maximum absolute atomic E-state index is 12.7. The van der Waals surface area contributed by atoms with Crippen LogP contribution in [0.2, 0.25) is 0 Å². The van der Waals surface area contributed by atoms with Gasteiger partial charge in [0.25, 0.3) is 11.5 Å². The molecule has 0 aliphatic heterocycles. The van der Waals surface area contributed by atoms with Crippen LogP contribution in [0, 0.1) is 6.92 Å². The number of aromatic amines is 1. The highest BCUT2D eigenvalue weighted by molar-refractivity contribution is 9.10. The Morgan fingerprint density at radius 1 is 1.38 bits per heavy atom. The molecule has 4 aromatic rings. The molecule has 4 rings (SSSR count). The SMILES string of the molecule is Cc1oc2nc[nH]c(=O)c2c1C(=O)Nc1nc(-c2cccc(Br)c2)cs1. The van der Waals surface area contributed by atoms with E-state index in [0.29, 0.717) is 10.9 Å². The van der Waals surface area contributed by atoms with E-state index in [1.165, 1.54) is 17.7 Å². The maximum atomic E-state index is 12.7. The monoisotopic (exact) mass is 430 g/mol. The number of halogens is 1. The summed E-state index contributed by atoms with van der Waals surface area (Å²) in [6.45, 7) is 1.62. The highest BCUT2D eigenvalue weighted by Crippen LogP contribution is 2.28. The van der Waals surface area contributed by atoms with Crippen molar-refractivity contribution in [2.75, 3.05) is 5.32 Å². The number of furan rings is 1. The van der Waals surface area contributed by atoms with Gasteiger partial charge in [-0.1, -0.05) is 28.1 Å². The minimum absolute atomic E-state index is 0.130. The summed E-state index contributed by atoms with van der Waals surface area (Å²) in [4.78, 5) is 35.5. The minimum Gasteiger partial charge on any atom is -0.442 e. The van der Waals surface area contributed by atoms with Gasteiger partial charge in [-0.15, -0.1) is 11.3 Å². The lowest BCUT2D eigenvalue weighted by molar-refractivity contribution is 0.102. The fraction of sp³-hybridized carbons (Fsp3) is 0.0588. The number of amides is 1. The predicted molar refractivity (Wildman–Crippen MR) is 103 cm³/mol. The fourth-order valence-corrected chi connectivity index (χ4v) is 3.71. The Morgan fingerprint density at radius 3 is 3.04 bits per heavy atom. The van der Waals surface area contributed by atoms with Gasteiger partial charge in [-0.3, -0.25) is 14.9 Å². The van der Waals surface area contributed by atoms with Gasteiger partial charge in [-0.25, -0.2) is 9.97 Å². The van der Waals surface area contributed by atoms with Crippen LogP contribution in [0.25, 0.3) is 22.4 Å². The Bertz CT molecular complexity index is 1190. The van der Waals surface area contributed by atoms with Gasteiger partial charge >= 0.3 is 0 Å². The smallest absolute Gasteiger partial charge is 0.262 e. The zero-order valence-corrected chi connectivity index (χ0v) is 15.8. The van der Waals surface area contributed by atoms with Crippen LogP contribution in [-0.2, 0) is 0 Å². The molecular formula is C17H11BrN4O3S. The molecule has 0 unspecified atom stereocenters. The molecule has 0 spiro atoms. The van der Waals surface area contributed by atoms with Crippen LogP contribution in [0.4, 0.5) is 5.13 Å². The lowest BCUT2D eigenvalue weighted by Gasteiger charge is -2.01. The van der Waals surface area contributed by atoms with E-state index in [0.717, 1.165) is 15.7 Å². The van der Waals surface area contributed by atoms with Crippen molar-refractivity contribution in [1.29, 1.82) is 0 Å². The first-order valence-electron chi connectivity index (χ1n) is 7.52. The minimum atomic E-state index is -0.463. The summed E-state index contributed by atoms with van der Waals surface area (Å²) in [6.07, 6.45) is 1.24. The molecule has 0 radical (unpaired) electrons. The molecule has 0 aliphatic carbocycles. The van der Waals surface area contributed by atoms with E-state index in [2.05, 4.69) is 36.2 Å². The van der Waals surface area contributed by atoms with Gasteiger partial charge in [0, 0.05) is 15.4 Å². The van der Waals surface area contributed by atoms with Crippen LogP contribution >= 0.6 is 27.3 Å². The molecular weight excluding hydrogens is 420 g/mol. The summed E-state index contributed by atoms with van der Waals surface area (Å²) in [7, 11) is 0. The van der Waals surface area contributed by atoms with Crippen LogP contribution in [0.5, 0.6) is 0 Å². The van der Waals surface area contributed by atoms with E-state index in [4.69, 9.17) is 4.42 Å². The van der Waals surface area contributed by atoms with Gasteiger partial charge in [-0.2, -0.15) is 0 Å². The second kappa shape index (κ2) is 6.50. The van der Waals surface area contributed by atoms with Crippen molar-refractivity contribution in [3.05, 3.63) is 62.1 Å². The Morgan fingerprint density at radius 2 is 2.23 bits per heavy atom. The third kappa shape index (κ3) is 2.95. The van der Waals surface area contributed by atoms with E-state index < -0.39 is 11.5 Å². The van der Waals surface area contributed by atoms with Crippen LogP contribution in [0.15, 0.2) is 49.7 Å². The molecule has 1 amide bonds. The number of nitrogens with zero attached hydrogens (tertiary/aromatic N) is 2. The van der Waals surface area contributed by atoms with Gasteiger partial charge in [-0.05, 0) is 19.1 Å². The highest BCUT2D eigenvalue weighted by Gasteiger charge is 2.22. The molecule has 26 heavy (non-hydrogen) atoms. The number of fused-ring (bicyclic) bond motifs is 1. The molecule has 3 aromatic heterocycles. The summed E-state index contributed by atoms with van der Waals surface area (Å²) in [5, 5.41) is 5.14. The molecule has 0 aliphatic rings. The van der Waals surface area contributed by atoms with Crippen LogP contribution < -0.4 is 10.9 Å². The summed E-state index contributed by atoms with van der Waals surface area (Å²) in [5.41, 5.74) is 1.55. The summed E-state index contributed by atoms with van der Waals surface area (Å²) in [5.74, 6) is -0.139. The lowest BCUT2D eigenvalue weighted by atomic mass is 10.2. The van der Waals surface area contributed by atoms with Crippen LogP contribution in [0.1, 0.15) is 16.1 Å². The molecule has 1 aromatic carbocycles. The number of aromatic nitrogens is 3. The molecule has 0 fully saturated rings. The predicted octanol–water partition coefficient (Wildman–Crippen LogP) is 3.96. The zero-order chi connectivity index (χ0) is 18.3. The number of H-pyrrole nitrogens is 1. The molecule has 2 N–H and O–H groups in total. The van der Waals surface area contributed by atoms with Gasteiger partial charge in [0.2, 0.25) is 5.71 Å². The number of carbonyl (C=O) groups excluding carboxylic acids is 1. The number of thiazole rings is 1. The first-order valence-corrected chi connectivity index (χ1v) is 9.20. The van der Waals surface area contributed by atoms with E-state index >= 15 is 0 Å². The number of hydrogen-bond acceptors (Lipinski definition) is 6. The molecule has 7 nitrogen and oxygen atoms in total. The largest absolute Gasteiger partial charge is 0.442 e. The van der Waals surface area contributed by atoms with E-state index in [1.54, 1.807) is 6.92 Å². The Balaban J connectivity index is 1.66. The molecule has 3 heterocycles. The van der Waals surface area contributed by atoms with Crippen molar-refractivity contribution in [2.24, 2.45) is 0 Å². The van der Waals surface area contributed by atoms with Crippen molar-refractivity contribution in [1.82, 2.24) is 15.0 Å². The summed E-state index contributed by atoms with van der Waals surface area (Å²) >= 11 is 4.73. The van der Waals surface area contributed by atoms with Crippen molar-refractivity contribution in [3.63, 3.8) is 0 Å². The number of nitrogens with one attached hydrogen (secondary N) is 2. The number of carbonyl (C=O) groups is 1. The number of hydrogen-bond donors (Lipinski definition) is 2. The third-order valence-electron chi connectivity index (χ3n) is 3.74. The third-order valence-corrected chi connectivity index (χ3v) is 4.99. The lowest BCUT2D eigenvalue weighted by Crippen LogP contribution is -2.16. The van der Waals surface area contributed by atoms with Crippen LogP contribution in [0.3, 0.4) is 0 Å². The first kappa shape index (κ1) is 16.7. The second-order valence-electron chi connectivity index (χ2n) is 5.45.